The molecule has 2 aromatic carbocycles. The van der Waals surface area contributed by atoms with E-state index in [-0.39, 0.29) is 5.71 Å². The predicted molar refractivity (Wildman–Crippen MR) is 85.5 cm³/mol. The molecule has 0 atom stereocenters. The molecular formula is C16H12F3N5. The Balaban J connectivity index is 2.21. The number of anilines is 1. The van der Waals surface area contributed by atoms with Crippen molar-refractivity contribution in [1.82, 2.24) is 0 Å². The van der Waals surface area contributed by atoms with Crippen LogP contribution in [0.4, 0.5) is 18.9 Å². The van der Waals surface area contributed by atoms with Gasteiger partial charge in [-0.15, -0.1) is 0 Å². The van der Waals surface area contributed by atoms with Crippen LogP contribution in [0.2, 0.25) is 0 Å². The summed E-state index contributed by atoms with van der Waals surface area (Å²) in [5.74, 6) is -0.467. The Morgan fingerprint density at radius 2 is 1.79 bits per heavy atom. The topological polar surface area (TPSA) is 98.0 Å². The molecule has 2 aromatic rings. The SMILES string of the molecule is N#C/C(=N\Nc1ccc(-c2cccc(C(F)(F)F)c2)cc1)C(=N)N. The highest BCUT2D eigenvalue weighted by atomic mass is 19.4. The normalized spacial score (nSPS) is 11.7. The van der Waals surface area contributed by atoms with Gasteiger partial charge in [0.2, 0.25) is 5.71 Å². The van der Waals surface area contributed by atoms with Crippen molar-refractivity contribution in [3.63, 3.8) is 0 Å². The number of nitrogens with one attached hydrogen (secondary N) is 2. The second-order valence-electron chi connectivity index (χ2n) is 4.75. The van der Waals surface area contributed by atoms with E-state index in [9.17, 15) is 13.2 Å². The molecule has 0 fully saturated rings. The van der Waals surface area contributed by atoms with Crippen LogP contribution in [-0.4, -0.2) is 11.5 Å². The molecule has 0 radical (unpaired) electrons. The summed E-state index contributed by atoms with van der Waals surface area (Å²) in [5, 5.41) is 19.5. The summed E-state index contributed by atoms with van der Waals surface area (Å²) >= 11 is 0. The molecule has 4 N–H and O–H groups in total. The molecule has 0 unspecified atom stereocenters. The Kier molecular flexibility index (Phi) is 4.84. The van der Waals surface area contributed by atoms with Crippen LogP contribution in [0.15, 0.2) is 53.6 Å². The molecule has 122 valence electrons. The largest absolute Gasteiger partial charge is 0.416 e. The van der Waals surface area contributed by atoms with Crippen LogP contribution >= 0.6 is 0 Å². The van der Waals surface area contributed by atoms with E-state index < -0.39 is 17.6 Å². The second kappa shape index (κ2) is 6.83. The molecule has 0 heterocycles. The fraction of sp³-hybridized carbons (Fsp3) is 0.0625. The van der Waals surface area contributed by atoms with Crippen LogP contribution in [0.5, 0.6) is 0 Å². The number of alkyl halides is 3. The molecule has 0 aromatic heterocycles. The maximum Gasteiger partial charge on any atom is 0.416 e. The number of hydrogen-bond acceptors (Lipinski definition) is 4. The first-order chi connectivity index (χ1) is 11.3. The lowest BCUT2D eigenvalue weighted by molar-refractivity contribution is -0.137. The van der Waals surface area contributed by atoms with E-state index in [1.54, 1.807) is 36.4 Å². The van der Waals surface area contributed by atoms with E-state index in [4.69, 9.17) is 16.4 Å². The second-order valence-corrected chi connectivity index (χ2v) is 4.75. The Bertz CT molecular complexity index is 817. The highest BCUT2D eigenvalue weighted by molar-refractivity contribution is 6.45. The molecule has 2 rings (SSSR count). The number of amidine groups is 1. The summed E-state index contributed by atoms with van der Waals surface area (Å²) in [6.07, 6.45) is -4.40. The summed E-state index contributed by atoms with van der Waals surface area (Å²) in [5.41, 5.74) is 8.26. The summed E-state index contributed by atoms with van der Waals surface area (Å²) in [6.45, 7) is 0. The Morgan fingerprint density at radius 1 is 1.12 bits per heavy atom. The molecule has 0 bridgehead atoms. The van der Waals surface area contributed by atoms with Gasteiger partial charge in [0.1, 0.15) is 6.07 Å². The van der Waals surface area contributed by atoms with Gasteiger partial charge in [0, 0.05) is 0 Å². The average Bonchev–Trinajstić information content (AvgIpc) is 2.55. The van der Waals surface area contributed by atoms with Gasteiger partial charge in [0.15, 0.2) is 5.84 Å². The molecule has 0 saturated carbocycles. The number of halogens is 3. The third kappa shape index (κ3) is 4.10. The summed E-state index contributed by atoms with van der Waals surface area (Å²) in [7, 11) is 0. The van der Waals surface area contributed by atoms with E-state index in [2.05, 4.69) is 10.5 Å². The lowest BCUT2D eigenvalue weighted by Gasteiger charge is -2.09. The molecule has 0 aliphatic carbocycles. The van der Waals surface area contributed by atoms with Gasteiger partial charge in [-0.25, -0.2) is 0 Å². The van der Waals surface area contributed by atoms with Crippen molar-refractivity contribution < 1.29 is 13.2 Å². The fourth-order valence-corrected chi connectivity index (χ4v) is 1.88. The molecule has 8 heteroatoms. The molecule has 0 aliphatic rings. The van der Waals surface area contributed by atoms with E-state index in [1.807, 2.05) is 0 Å². The van der Waals surface area contributed by atoms with Crippen molar-refractivity contribution in [3.05, 3.63) is 54.1 Å². The Labute approximate surface area is 135 Å². The van der Waals surface area contributed by atoms with Crippen LogP contribution in [0.3, 0.4) is 0 Å². The summed E-state index contributed by atoms with van der Waals surface area (Å²) < 4.78 is 38.2. The minimum absolute atomic E-state index is 0.267. The fourth-order valence-electron chi connectivity index (χ4n) is 1.88. The minimum atomic E-state index is -4.40. The van der Waals surface area contributed by atoms with Gasteiger partial charge in [-0.1, -0.05) is 24.3 Å². The maximum absolute atomic E-state index is 12.7. The quantitative estimate of drug-likeness (QED) is 0.453. The molecule has 0 amide bonds. The zero-order chi connectivity index (χ0) is 17.7. The van der Waals surface area contributed by atoms with Crippen LogP contribution < -0.4 is 11.2 Å². The van der Waals surface area contributed by atoms with Crippen molar-refractivity contribution in [3.8, 4) is 17.2 Å². The van der Waals surface area contributed by atoms with Gasteiger partial charge < -0.3 is 5.73 Å². The first-order valence-corrected chi connectivity index (χ1v) is 6.67. The lowest BCUT2D eigenvalue weighted by atomic mass is 10.0. The van der Waals surface area contributed by atoms with Crippen molar-refractivity contribution in [1.29, 1.82) is 10.7 Å². The van der Waals surface area contributed by atoms with Crippen LogP contribution in [0.25, 0.3) is 11.1 Å². The van der Waals surface area contributed by atoms with Crippen molar-refractivity contribution >= 4 is 17.2 Å². The number of hydrazone groups is 1. The number of benzene rings is 2. The highest BCUT2D eigenvalue weighted by Gasteiger charge is 2.30. The van der Waals surface area contributed by atoms with Gasteiger partial charge in [-0.3, -0.25) is 10.8 Å². The van der Waals surface area contributed by atoms with Crippen LogP contribution in [-0.2, 0) is 6.18 Å². The van der Waals surface area contributed by atoms with Gasteiger partial charge >= 0.3 is 6.18 Å². The van der Waals surface area contributed by atoms with Gasteiger partial charge in [0.05, 0.1) is 11.3 Å². The Morgan fingerprint density at radius 3 is 2.33 bits per heavy atom. The third-order valence-electron chi connectivity index (χ3n) is 3.07. The van der Waals surface area contributed by atoms with Crippen LogP contribution in [0, 0.1) is 16.7 Å². The third-order valence-corrected chi connectivity index (χ3v) is 3.07. The number of nitriles is 1. The van der Waals surface area contributed by atoms with E-state index in [0.29, 0.717) is 16.8 Å². The van der Waals surface area contributed by atoms with E-state index in [0.717, 1.165) is 12.1 Å². The maximum atomic E-state index is 12.7. The first-order valence-electron chi connectivity index (χ1n) is 6.67. The minimum Gasteiger partial charge on any atom is -0.382 e. The smallest absolute Gasteiger partial charge is 0.382 e. The van der Waals surface area contributed by atoms with Crippen LogP contribution in [0.1, 0.15) is 5.56 Å². The van der Waals surface area contributed by atoms with Gasteiger partial charge in [-0.05, 0) is 35.4 Å². The number of rotatable bonds is 4. The molecule has 0 spiro atoms. The number of nitrogens with two attached hydrogens (primary N) is 1. The Hall–Kier alpha value is -3.34. The highest BCUT2D eigenvalue weighted by Crippen LogP contribution is 2.32. The monoisotopic (exact) mass is 331 g/mol. The zero-order valence-corrected chi connectivity index (χ0v) is 12.2. The lowest BCUT2D eigenvalue weighted by Crippen LogP contribution is -2.21. The zero-order valence-electron chi connectivity index (χ0n) is 12.2. The summed E-state index contributed by atoms with van der Waals surface area (Å²) in [6, 6.07) is 13.1. The van der Waals surface area contributed by atoms with E-state index in [1.165, 1.54) is 6.07 Å². The summed E-state index contributed by atoms with van der Waals surface area (Å²) in [4.78, 5) is 0. The molecular weight excluding hydrogens is 319 g/mol. The molecule has 0 aliphatic heterocycles. The number of hydrogen-bond donors (Lipinski definition) is 3. The van der Waals surface area contributed by atoms with Gasteiger partial charge in [-0.2, -0.15) is 23.5 Å². The number of nitrogens with zero attached hydrogens (tertiary/aromatic N) is 2. The van der Waals surface area contributed by atoms with Crippen molar-refractivity contribution in [2.24, 2.45) is 10.8 Å². The predicted octanol–water partition coefficient (Wildman–Crippen LogP) is 3.60. The molecule has 24 heavy (non-hydrogen) atoms. The first kappa shape index (κ1) is 17.0. The standard InChI is InChI=1S/C16H12F3N5/c17-16(18,19)12-3-1-2-11(8-12)10-4-6-13(7-5-10)23-24-14(9-20)15(21)22/h1-8,23H,(H3,21,22)/b24-14+. The van der Waals surface area contributed by atoms with E-state index >= 15 is 0 Å². The molecule has 0 saturated heterocycles. The van der Waals surface area contributed by atoms with Crippen molar-refractivity contribution in [2.75, 3.05) is 5.43 Å². The molecule has 5 nitrogen and oxygen atoms in total. The van der Waals surface area contributed by atoms with Crippen molar-refractivity contribution in [2.45, 2.75) is 6.18 Å². The van der Waals surface area contributed by atoms with Gasteiger partial charge in [0.25, 0.3) is 0 Å². The average molecular weight is 331 g/mol.